The maximum Gasteiger partial charge on any atom is 0.306 e. The van der Waals surface area contributed by atoms with Crippen molar-refractivity contribution in [2.75, 3.05) is 13.2 Å². The van der Waals surface area contributed by atoms with Gasteiger partial charge in [-0.25, -0.2) is 0 Å². The van der Waals surface area contributed by atoms with Crippen LogP contribution in [0.4, 0.5) is 0 Å². The summed E-state index contributed by atoms with van der Waals surface area (Å²) in [5.41, 5.74) is 0. The molecular formula is C65H114O6. The molecule has 0 aromatic carbocycles. The Labute approximate surface area is 440 Å². The van der Waals surface area contributed by atoms with Crippen LogP contribution in [-0.4, -0.2) is 37.2 Å². The third kappa shape index (κ3) is 57.6. The molecule has 0 heterocycles. The molecule has 0 aliphatic heterocycles. The summed E-state index contributed by atoms with van der Waals surface area (Å²) in [5, 5.41) is 0. The normalized spacial score (nSPS) is 12.5. The summed E-state index contributed by atoms with van der Waals surface area (Å²) in [6.45, 7) is 6.49. The molecule has 0 spiro atoms. The van der Waals surface area contributed by atoms with Gasteiger partial charge in [-0.15, -0.1) is 0 Å². The van der Waals surface area contributed by atoms with Gasteiger partial charge in [0.25, 0.3) is 0 Å². The number of esters is 3. The molecule has 6 heteroatoms. The average molecular weight is 992 g/mol. The molecule has 0 aliphatic rings. The van der Waals surface area contributed by atoms with E-state index in [4.69, 9.17) is 14.2 Å². The topological polar surface area (TPSA) is 78.9 Å². The molecule has 0 bridgehead atoms. The summed E-state index contributed by atoms with van der Waals surface area (Å²) in [4.78, 5) is 37.9. The van der Waals surface area contributed by atoms with Crippen molar-refractivity contribution < 1.29 is 28.6 Å². The van der Waals surface area contributed by atoms with Gasteiger partial charge in [-0.2, -0.15) is 0 Å². The van der Waals surface area contributed by atoms with Crippen molar-refractivity contribution in [2.45, 2.75) is 309 Å². The number of carbonyl (C=O) groups excluding carboxylic acids is 3. The molecule has 71 heavy (non-hydrogen) atoms. The predicted molar refractivity (Wildman–Crippen MR) is 307 cm³/mol. The van der Waals surface area contributed by atoms with Gasteiger partial charge in [-0.3, -0.25) is 14.4 Å². The molecular weight excluding hydrogens is 877 g/mol. The van der Waals surface area contributed by atoms with E-state index in [0.717, 1.165) is 96.3 Å². The van der Waals surface area contributed by atoms with Gasteiger partial charge in [0.05, 0.1) is 0 Å². The number of allylic oxidation sites excluding steroid dienone is 12. The molecule has 6 nitrogen and oxygen atoms in total. The van der Waals surface area contributed by atoms with Gasteiger partial charge in [-0.1, -0.05) is 286 Å². The Morgan fingerprint density at radius 3 is 0.859 bits per heavy atom. The molecule has 0 fully saturated rings. The van der Waals surface area contributed by atoms with E-state index in [-0.39, 0.29) is 31.1 Å². The largest absolute Gasteiger partial charge is 0.462 e. The lowest BCUT2D eigenvalue weighted by atomic mass is 10.0. The zero-order chi connectivity index (χ0) is 51.4. The summed E-state index contributed by atoms with van der Waals surface area (Å²) < 4.78 is 16.8. The first kappa shape index (κ1) is 67.8. The Balaban J connectivity index is 4.04. The van der Waals surface area contributed by atoms with E-state index < -0.39 is 6.10 Å². The van der Waals surface area contributed by atoms with Gasteiger partial charge in [-0.05, 0) is 70.6 Å². The van der Waals surface area contributed by atoms with Gasteiger partial charge in [0.2, 0.25) is 0 Å². The Kier molecular flexibility index (Phi) is 56.8. The third-order valence-corrected chi connectivity index (χ3v) is 13.2. The minimum absolute atomic E-state index is 0.0717. The first-order valence-electron chi connectivity index (χ1n) is 30.4. The van der Waals surface area contributed by atoms with Crippen LogP contribution in [0.15, 0.2) is 72.9 Å². The highest BCUT2D eigenvalue weighted by molar-refractivity contribution is 5.71. The van der Waals surface area contributed by atoms with Crippen LogP contribution < -0.4 is 0 Å². The number of hydrogen-bond donors (Lipinski definition) is 0. The van der Waals surface area contributed by atoms with Crippen molar-refractivity contribution in [3.05, 3.63) is 72.9 Å². The van der Waals surface area contributed by atoms with Crippen LogP contribution >= 0.6 is 0 Å². The second-order valence-corrected chi connectivity index (χ2v) is 20.2. The molecule has 1 unspecified atom stereocenters. The van der Waals surface area contributed by atoms with Crippen LogP contribution in [0.1, 0.15) is 303 Å². The minimum Gasteiger partial charge on any atom is -0.462 e. The molecule has 410 valence electrons. The number of hydrogen-bond acceptors (Lipinski definition) is 6. The first-order chi connectivity index (χ1) is 35.0. The standard InChI is InChI=1S/C65H114O6/c1-4-7-10-13-16-18-20-22-24-26-27-28-29-30-31-32-33-34-35-36-37-38-39-40-42-43-45-47-49-52-55-58-64(67)70-61-62(60-69-63(66)57-54-51-15-12-9-6-3)71-65(68)59-56-53-50-48-46-44-41-25-23-21-19-17-14-11-8-5-2/h7,10,16,18,22,24,27-28,30-31,33-34,62H,4-6,8-9,11-15,17,19-21,23,25-26,29,32,35-61H2,1-3H3/b10-7-,18-16-,24-22-,28-27-,31-30-,34-33-. The Morgan fingerprint density at radius 1 is 0.296 bits per heavy atom. The fourth-order valence-corrected chi connectivity index (χ4v) is 8.68. The molecule has 0 saturated heterocycles. The SMILES string of the molecule is CC/C=C\C/C=C\C/C=C\C/C=C\C/C=C\C/C=C\CCCCCCCCCCCCCCC(=O)OCC(COC(=O)CCCCCCCC)OC(=O)CCCCCCCCCCCCCCCCCC. The van der Waals surface area contributed by atoms with Crippen molar-refractivity contribution in [3.8, 4) is 0 Å². The van der Waals surface area contributed by atoms with Crippen LogP contribution in [0, 0.1) is 0 Å². The highest BCUT2D eigenvalue weighted by Gasteiger charge is 2.19. The molecule has 0 aliphatic carbocycles. The van der Waals surface area contributed by atoms with Gasteiger partial charge >= 0.3 is 17.9 Å². The lowest BCUT2D eigenvalue weighted by Gasteiger charge is -2.18. The minimum atomic E-state index is -0.769. The van der Waals surface area contributed by atoms with Crippen molar-refractivity contribution in [2.24, 2.45) is 0 Å². The van der Waals surface area contributed by atoms with Crippen LogP contribution in [-0.2, 0) is 28.6 Å². The van der Waals surface area contributed by atoms with Crippen LogP contribution in [0.5, 0.6) is 0 Å². The third-order valence-electron chi connectivity index (χ3n) is 13.2. The lowest BCUT2D eigenvalue weighted by molar-refractivity contribution is -0.167. The van der Waals surface area contributed by atoms with Crippen LogP contribution in [0.25, 0.3) is 0 Å². The zero-order valence-electron chi connectivity index (χ0n) is 47.0. The van der Waals surface area contributed by atoms with E-state index in [1.807, 2.05) is 0 Å². The van der Waals surface area contributed by atoms with Crippen molar-refractivity contribution in [1.82, 2.24) is 0 Å². The molecule has 0 rings (SSSR count). The summed E-state index contributed by atoms with van der Waals surface area (Å²) >= 11 is 0. The number of rotatable bonds is 55. The second kappa shape index (κ2) is 59.4. The highest BCUT2D eigenvalue weighted by atomic mass is 16.6. The fraction of sp³-hybridized carbons (Fsp3) is 0.769. The highest BCUT2D eigenvalue weighted by Crippen LogP contribution is 2.17. The van der Waals surface area contributed by atoms with E-state index in [1.165, 1.54) is 167 Å². The Morgan fingerprint density at radius 2 is 0.549 bits per heavy atom. The van der Waals surface area contributed by atoms with E-state index >= 15 is 0 Å². The molecule has 0 saturated carbocycles. The smallest absolute Gasteiger partial charge is 0.306 e. The van der Waals surface area contributed by atoms with Gasteiger partial charge in [0.15, 0.2) is 6.10 Å². The summed E-state index contributed by atoms with van der Waals surface area (Å²) in [7, 11) is 0. The van der Waals surface area contributed by atoms with Crippen LogP contribution in [0.2, 0.25) is 0 Å². The summed E-state index contributed by atoms with van der Waals surface area (Å²) in [6.07, 6.45) is 76.5. The molecule has 0 aromatic rings. The monoisotopic (exact) mass is 991 g/mol. The van der Waals surface area contributed by atoms with Crippen molar-refractivity contribution in [3.63, 3.8) is 0 Å². The Hall–Kier alpha value is -3.15. The van der Waals surface area contributed by atoms with Gasteiger partial charge < -0.3 is 14.2 Å². The molecule has 1 atom stereocenters. The van der Waals surface area contributed by atoms with Crippen LogP contribution in [0.3, 0.4) is 0 Å². The molecule has 0 N–H and O–H groups in total. The number of ether oxygens (including phenoxy) is 3. The lowest BCUT2D eigenvalue weighted by Crippen LogP contribution is -2.30. The van der Waals surface area contributed by atoms with Gasteiger partial charge in [0.1, 0.15) is 13.2 Å². The van der Waals surface area contributed by atoms with Gasteiger partial charge in [0, 0.05) is 19.3 Å². The van der Waals surface area contributed by atoms with E-state index in [2.05, 4.69) is 93.7 Å². The Bertz CT molecular complexity index is 1320. The quantitative estimate of drug-likeness (QED) is 0.0261. The van der Waals surface area contributed by atoms with Crippen molar-refractivity contribution in [1.29, 1.82) is 0 Å². The maximum absolute atomic E-state index is 12.8. The average Bonchev–Trinajstić information content (AvgIpc) is 3.37. The van der Waals surface area contributed by atoms with Crippen molar-refractivity contribution >= 4 is 17.9 Å². The summed E-state index contributed by atoms with van der Waals surface area (Å²) in [6, 6.07) is 0. The van der Waals surface area contributed by atoms with E-state index in [0.29, 0.717) is 19.3 Å². The number of carbonyl (C=O) groups is 3. The van der Waals surface area contributed by atoms with E-state index in [1.54, 1.807) is 0 Å². The first-order valence-corrected chi connectivity index (χ1v) is 30.4. The number of unbranched alkanes of at least 4 members (excludes halogenated alkanes) is 32. The maximum atomic E-state index is 12.8. The molecule has 0 radical (unpaired) electrons. The predicted octanol–water partition coefficient (Wildman–Crippen LogP) is 20.5. The zero-order valence-corrected chi connectivity index (χ0v) is 47.0. The second-order valence-electron chi connectivity index (χ2n) is 20.2. The fourth-order valence-electron chi connectivity index (χ4n) is 8.68. The molecule has 0 aromatic heterocycles. The molecule has 0 amide bonds. The van der Waals surface area contributed by atoms with E-state index in [9.17, 15) is 14.4 Å². The summed E-state index contributed by atoms with van der Waals surface area (Å²) in [5.74, 6) is -0.871.